The maximum absolute atomic E-state index is 11.8. The molecule has 2 rings (SSSR count). The molecule has 0 saturated carbocycles. The second-order valence-corrected chi connectivity index (χ2v) is 8.18. The molecule has 1 heterocycles. The fourth-order valence-electron chi connectivity index (χ4n) is 2.64. The van der Waals surface area contributed by atoms with Gasteiger partial charge in [-0.25, -0.2) is 8.42 Å². The molecule has 0 aromatic heterocycles. The Hall–Kier alpha value is -1.60. The Bertz CT molecular complexity index is 622. The smallest absolute Gasteiger partial charge is 0.220 e. The molecule has 7 heteroatoms. The summed E-state index contributed by atoms with van der Waals surface area (Å²) < 4.78 is 28.3. The average Bonchev–Trinajstić information content (AvgIpc) is 2.55. The van der Waals surface area contributed by atoms with Crippen molar-refractivity contribution in [1.29, 1.82) is 0 Å². The van der Waals surface area contributed by atoms with E-state index >= 15 is 0 Å². The van der Waals surface area contributed by atoms with Crippen molar-refractivity contribution in [2.45, 2.75) is 43.0 Å². The van der Waals surface area contributed by atoms with Gasteiger partial charge in [0.2, 0.25) is 5.91 Å². The SMILES string of the molecule is CS(=O)(=O)c1ccc(OCCCCC(=O)NC2CCCNC2)cc1. The zero-order valence-electron chi connectivity index (χ0n) is 14.1. The monoisotopic (exact) mass is 354 g/mol. The molecule has 0 aliphatic carbocycles. The van der Waals surface area contributed by atoms with Gasteiger partial charge in [-0.05, 0) is 56.5 Å². The van der Waals surface area contributed by atoms with E-state index in [0.29, 0.717) is 18.8 Å². The van der Waals surface area contributed by atoms with Crippen molar-refractivity contribution in [3.63, 3.8) is 0 Å². The Morgan fingerprint density at radius 2 is 2.04 bits per heavy atom. The summed E-state index contributed by atoms with van der Waals surface area (Å²) in [6.45, 7) is 2.41. The van der Waals surface area contributed by atoms with Crippen LogP contribution in [0.1, 0.15) is 32.1 Å². The number of rotatable bonds is 8. The molecule has 1 unspecified atom stereocenters. The summed E-state index contributed by atoms with van der Waals surface area (Å²) in [5.41, 5.74) is 0. The van der Waals surface area contributed by atoms with E-state index in [1.165, 1.54) is 18.4 Å². The molecule has 0 spiro atoms. The summed E-state index contributed by atoms with van der Waals surface area (Å²) >= 11 is 0. The van der Waals surface area contributed by atoms with Crippen LogP contribution >= 0.6 is 0 Å². The number of ether oxygens (including phenoxy) is 1. The number of benzene rings is 1. The molecule has 1 aromatic carbocycles. The predicted octanol–water partition coefficient (Wildman–Crippen LogP) is 1.51. The van der Waals surface area contributed by atoms with E-state index in [9.17, 15) is 13.2 Å². The Morgan fingerprint density at radius 1 is 1.29 bits per heavy atom. The molecule has 1 aromatic rings. The predicted molar refractivity (Wildman–Crippen MR) is 92.9 cm³/mol. The van der Waals surface area contributed by atoms with Gasteiger partial charge in [-0.1, -0.05) is 0 Å². The highest BCUT2D eigenvalue weighted by atomic mass is 32.2. The highest BCUT2D eigenvalue weighted by molar-refractivity contribution is 7.90. The third-order valence-corrected chi connectivity index (χ3v) is 5.11. The molecular formula is C17H26N2O4S. The average molecular weight is 354 g/mol. The highest BCUT2D eigenvalue weighted by Crippen LogP contribution is 2.16. The Kier molecular flexibility index (Phi) is 7.05. The van der Waals surface area contributed by atoms with Crippen molar-refractivity contribution < 1.29 is 17.9 Å². The van der Waals surface area contributed by atoms with Crippen molar-refractivity contribution in [3.05, 3.63) is 24.3 Å². The second kappa shape index (κ2) is 9.03. The van der Waals surface area contributed by atoms with Crippen LogP contribution in [0.2, 0.25) is 0 Å². The molecule has 1 fully saturated rings. The fraction of sp³-hybridized carbons (Fsp3) is 0.588. The Labute approximate surface area is 143 Å². The number of piperidine rings is 1. The van der Waals surface area contributed by atoms with Crippen LogP contribution in [0, 0.1) is 0 Å². The first-order chi connectivity index (χ1) is 11.4. The summed E-state index contributed by atoms with van der Waals surface area (Å²) in [7, 11) is -3.18. The molecule has 1 amide bonds. The molecule has 1 aliphatic rings. The first-order valence-corrected chi connectivity index (χ1v) is 10.3. The quantitative estimate of drug-likeness (QED) is 0.691. The molecule has 1 atom stereocenters. The fourth-order valence-corrected chi connectivity index (χ4v) is 3.27. The Balaban J connectivity index is 1.60. The standard InChI is InChI=1S/C17H26N2O4S/c1-24(21,22)16-9-7-15(8-10-16)23-12-3-2-6-17(20)19-14-5-4-11-18-13-14/h7-10,14,18H,2-6,11-13H2,1H3,(H,19,20). The Morgan fingerprint density at radius 3 is 2.67 bits per heavy atom. The highest BCUT2D eigenvalue weighted by Gasteiger charge is 2.14. The van der Waals surface area contributed by atoms with E-state index in [2.05, 4.69) is 10.6 Å². The minimum absolute atomic E-state index is 0.0983. The number of sulfone groups is 1. The maximum Gasteiger partial charge on any atom is 0.220 e. The third kappa shape index (κ3) is 6.49. The molecule has 2 N–H and O–H groups in total. The van der Waals surface area contributed by atoms with Crippen LogP contribution in [0.3, 0.4) is 0 Å². The molecular weight excluding hydrogens is 328 g/mol. The van der Waals surface area contributed by atoms with Gasteiger partial charge in [0.25, 0.3) is 0 Å². The minimum Gasteiger partial charge on any atom is -0.494 e. The summed E-state index contributed by atoms with van der Waals surface area (Å²) in [4.78, 5) is 12.1. The second-order valence-electron chi connectivity index (χ2n) is 6.16. The number of unbranched alkanes of at least 4 members (excludes halogenated alkanes) is 1. The van der Waals surface area contributed by atoms with E-state index in [1.807, 2.05) is 0 Å². The summed E-state index contributed by atoms with van der Waals surface area (Å²) in [5, 5.41) is 6.32. The van der Waals surface area contributed by atoms with Gasteiger partial charge >= 0.3 is 0 Å². The minimum atomic E-state index is -3.18. The first kappa shape index (κ1) is 18.7. The number of nitrogens with one attached hydrogen (secondary N) is 2. The van der Waals surface area contributed by atoms with Gasteiger partial charge in [0.1, 0.15) is 5.75 Å². The molecule has 1 aliphatic heterocycles. The van der Waals surface area contributed by atoms with Crippen LogP contribution < -0.4 is 15.4 Å². The van der Waals surface area contributed by atoms with Crippen molar-refractivity contribution in [3.8, 4) is 5.75 Å². The first-order valence-electron chi connectivity index (χ1n) is 8.38. The van der Waals surface area contributed by atoms with Gasteiger partial charge in [-0.15, -0.1) is 0 Å². The van der Waals surface area contributed by atoms with E-state index in [0.717, 1.165) is 38.8 Å². The largest absolute Gasteiger partial charge is 0.494 e. The van der Waals surface area contributed by atoms with Crippen molar-refractivity contribution in [2.75, 3.05) is 26.0 Å². The molecule has 0 radical (unpaired) electrons. The topological polar surface area (TPSA) is 84.5 Å². The van der Waals surface area contributed by atoms with E-state index < -0.39 is 9.84 Å². The maximum atomic E-state index is 11.8. The van der Waals surface area contributed by atoms with E-state index in [-0.39, 0.29) is 16.8 Å². The van der Waals surface area contributed by atoms with E-state index in [4.69, 9.17) is 4.74 Å². The molecule has 24 heavy (non-hydrogen) atoms. The zero-order valence-corrected chi connectivity index (χ0v) is 14.9. The van der Waals surface area contributed by atoms with Gasteiger partial charge in [-0.3, -0.25) is 4.79 Å². The number of carbonyl (C=O) groups is 1. The third-order valence-electron chi connectivity index (χ3n) is 3.98. The lowest BCUT2D eigenvalue weighted by Crippen LogP contribution is -2.45. The lowest BCUT2D eigenvalue weighted by atomic mass is 10.1. The van der Waals surface area contributed by atoms with Crippen LogP contribution in [0.15, 0.2) is 29.2 Å². The van der Waals surface area contributed by atoms with Crippen LogP contribution in [0.25, 0.3) is 0 Å². The summed E-state index contributed by atoms with van der Waals surface area (Å²) in [6, 6.07) is 6.64. The van der Waals surface area contributed by atoms with E-state index in [1.54, 1.807) is 12.1 Å². The van der Waals surface area contributed by atoms with Gasteiger partial charge in [0, 0.05) is 25.3 Å². The molecule has 1 saturated heterocycles. The van der Waals surface area contributed by atoms with Crippen molar-refractivity contribution in [2.24, 2.45) is 0 Å². The van der Waals surface area contributed by atoms with Crippen LogP contribution in [0.4, 0.5) is 0 Å². The van der Waals surface area contributed by atoms with Crippen LogP contribution in [-0.4, -0.2) is 46.3 Å². The van der Waals surface area contributed by atoms with Gasteiger partial charge in [-0.2, -0.15) is 0 Å². The van der Waals surface area contributed by atoms with Gasteiger partial charge in [0.05, 0.1) is 11.5 Å². The lowest BCUT2D eigenvalue weighted by Gasteiger charge is -2.23. The normalized spacial score (nSPS) is 18.1. The van der Waals surface area contributed by atoms with Gasteiger partial charge < -0.3 is 15.4 Å². The summed E-state index contributed by atoms with van der Waals surface area (Å²) in [6.07, 6.45) is 5.39. The molecule has 0 bridgehead atoms. The van der Waals surface area contributed by atoms with Crippen LogP contribution in [-0.2, 0) is 14.6 Å². The number of hydrogen-bond donors (Lipinski definition) is 2. The number of amides is 1. The molecule has 134 valence electrons. The number of carbonyl (C=O) groups excluding carboxylic acids is 1. The lowest BCUT2D eigenvalue weighted by molar-refractivity contribution is -0.122. The van der Waals surface area contributed by atoms with Crippen molar-refractivity contribution >= 4 is 15.7 Å². The van der Waals surface area contributed by atoms with Crippen molar-refractivity contribution in [1.82, 2.24) is 10.6 Å². The van der Waals surface area contributed by atoms with Gasteiger partial charge in [0.15, 0.2) is 9.84 Å². The molecule has 6 nitrogen and oxygen atoms in total. The van der Waals surface area contributed by atoms with Crippen LogP contribution in [0.5, 0.6) is 5.75 Å². The zero-order chi connectivity index (χ0) is 17.4. The summed E-state index contributed by atoms with van der Waals surface area (Å²) in [5.74, 6) is 0.737. The number of hydrogen-bond acceptors (Lipinski definition) is 5.